The summed E-state index contributed by atoms with van der Waals surface area (Å²) in [7, 11) is 1.76. The van der Waals surface area contributed by atoms with Gasteiger partial charge in [-0.2, -0.15) is 0 Å². The van der Waals surface area contributed by atoms with E-state index in [1.165, 1.54) is 0 Å². The molecule has 1 aromatic rings. The van der Waals surface area contributed by atoms with E-state index >= 15 is 0 Å². The molecule has 3 nitrogen and oxygen atoms in total. The third-order valence-electron chi connectivity index (χ3n) is 2.01. The molecule has 0 atom stereocenters. The number of anilines is 1. The number of amides is 1. The van der Waals surface area contributed by atoms with Crippen LogP contribution in [0.3, 0.4) is 0 Å². The van der Waals surface area contributed by atoms with E-state index in [2.05, 4.69) is 17.6 Å². The molecule has 0 fully saturated rings. The van der Waals surface area contributed by atoms with Crippen LogP contribution in [-0.2, 0) is 11.2 Å². The minimum Gasteiger partial charge on any atom is -0.325 e. The number of para-hydroxylation sites is 1. The molecule has 0 unspecified atom stereocenters. The summed E-state index contributed by atoms with van der Waals surface area (Å²) in [5, 5.41) is 5.67. The Labute approximate surface area is 96.7 Å². The molecular weight excluding hydrogens is 212 g/mol. The predicted octanol–water partition coefficient (Wildman–Crippen LogP) is 1.83. The Balaban J connectivity index is 0.00000196. The summed E-state index contributed by atoms with van der Waals surface area (Å²) in [6, 6.07) is 7.85. The molecule has 0 bridgehead atoms. The fraction of sp³-hybridized carbons (Fsp3) is 0.364. The van der Waals surface area contributed by atoms with Gasteiger partial charge in [-0.15, -0.1) is 12.4 Å². The largest absolute Gasteiger partial charge is 0.325 e. The Kier molecular flexibility index (Phi) is 6.75. The van der Waals surface area contributed by atoms with Crippen molar-refractivity contribution < 1.29 is 4.79 Å². The zero-order valence-electron chi connectivity index (χ0n) is 9.04. The molecular formula is C11H17ClN2O. The molecule has 84 valence electrons. The zero-order chi connectivity index (χ0) is 10.4. The van der Waals surface area contributed by atoms with E-state index in [-0.39, 0.29) is 18.3 Å². The van der Waals surface area contributed by atoms with E-state index in [1.807, 2.05) is 24.3 Å². The lowest BCUT2D eigenvalue weighted by Crippen LogP contribution is -2.25. The van der Waals surface area contributed by atoms with Gasteiger partial charge in [0, 0.05) is 5.69 Å². The monoisotopic (exact) mass is 228 g/mol. The Bertz CT molecular complexity index is 315. The van der Waals surface area contributed by atoms with Crippen molar-refractivity contribution in [2.75, 3.05) is 18.9 Å². The Morgan fingerprint density at radius 1 is 1.33 bits per heavy atom. The second kappa shape index (κ2) is 7.26. The number of carbonyl (C=O) groups is 1. The minimum absolute atomic E-state index is 0. The maximum atomic E-state index is 11.3. The molecule has 1 amide bonds. The molecule has 15 heavy (non-hydrogen) atoms. The topological polar surface area (TPSA) is 41.1 Å². The minimum atomic E-state index is -0.00611. The van der Waals surface area contributed by atoms with E-state index in [0.717, 1.165) is 17.7 Å². The summed E-state index contributed by atoms with van der Waals surface area (Å²) in [6.07, 6.45) is 0.927. The number of halogens is 1. The van der Waals surface area contributed by atoms with Crippen LogP contribution in [0.4, 0.5) is 5.69 Å². The summed E-state index contributed by atoms with van der Waals surface area (Å²) >= 11 is 0. The summed E-state index contributed by atoms with van der Waals surface area (Å²) in [4.78, 5) is 11.3. The van der Waals surface area contributed by atoms with Gasteiger partial charge >= 0.3 is 0 Å². The number of rotatable bonds is 4. The maximum absolute atomic E-state index is 11.3. The molecule has 2 N–H and O–H groups in total. The molecule has 4 heteroatoms. The van der Waals surface area contributed by atoms with Gasteiger partial charge in [0.1, 0.15) is 0 Å². The SMILES string of the molecule is CCc1ccccc1NC(=O)CNC.Cl. The molecule has 0 saturated carbocycles. The lowest BCUT2D eigenvalue weighted by molar-refractivity contribution is -0.115. The predicted molar refractivity (Wildman–Crippen MR) is 65.6 cm³/mol. The number of carbonyl (C=O) groups excluding carboxylic acids is 1. The number of likely N-dealkylation sites (N-methyl/N-ethyl adjacent to an activating group) is 1. The van der Waals surface area contributed by atoms with Crippen LogP contribution >= 0.6 is 12.4 Å². The molecule has 0 aliphatic rings. The highest BCUT2D eigenvalue weighted by Crippen LogP contribution is 2.14. The molecule has 0 aliphatic carbocycles. The summed E-state index contributed by atoms with van der Waals surface area (Å²) < 4.78 is 0. The van der Waals surface area contributed by atoms with Crippen molar-refractivity contribution >= 4 is 24.0 Å². The molecule has 0 saturated heterocycles. The van der Waals surface area contributed by atoms with Crippen LogP contribution in [-0.4, -0.2) is 19.5 Å². The Morgan fingerprint density at radius 2 is 2.00 bits per heavy atom. The molecule has 0 spiro atoms. The number of hydrogen-bond donors (Lipinski definition) is 2. The Hall–Kier alpha value is -1.06. The Morgan fingerprint density at radius 3 is 2.60 bits per heavy atom. The van der Waals surface area contributed by atoms with Gasteiger partial charge in [0.2, 0.25) is 5.91 Å². The third-order valence-corrected chi connectivity index (χ3v) is 2.01. The first-order valence-corrected chi connectivity index (χ1v) is 4.80. The van der Waals surface area contributed by atoms with Crippen LogP contribution in [0.15, 0.2) is 24.3 Å². The lowest BCUT2D eigenvalue weighted by atomic mass is 10.1. The van der Waals surface area contributed by atoms with E-state index in [1.54, 1.807) is 7.05 Å². The molecule has 1 rings (SSSR count). The molecule has 0 aromatic heterocycles. The summed E-state index contributed by atoms with van der Waals surface area (Å²) in [5.74, 6) is -0.00611. The van der Waals surface area contributed by atoms with Crippen molar-refractivity contribution in [3.8, 4) is 0 Å². The van der Waals surface area contributed by atoms with Crippen LogP contribution in [0.5, 0.6) is 0 Å². The average molecular weight is 229 g/mol. The molecule has 1 aromatic carbocycles. The summed E-state index contributed by atoms with van der Waals surface area (Å²) in [5.41, 5.74) is 2.08. The van der Waals surface area contributed by atoms with Gasteiger partial charge in [-0.1, -0.05) is 25.1 Å². The third kappa shape index (κ3) is 4.32. The normalized spacial score (nSPS) is 9.20. The number of benzene rings is 1. The highest BCUT2D eigenvalue weighted by molar-refractivity contribution is 5.92. The van der Waals surface area contributed by atoms with Gasteiger partial charge in [0.15, 0.2) is 0 Å². The highest BCUT2D eigenvalue weighted by atomic mass is 35.5. The van der Waals surface area contributed by atoms with E-state index in [4.69, 9.17) is 0 Å². The number of nitrogens with one attached hydrogen (secondary N) is 2. The van der Waals surface area contributed by atoms with Crippen molar-refractivity contribution in [2.45, 2.75) is 13.3 Å². The van der Waals surface area contributed by atoms with Crippen molar-refractivity contribution in [2.24, 2.45) is 0 Å². The fourth-order valence-electron chi connectivity index (χ4n) is 1.31. The first-order chi connectivity index (χ1) is 6.77. The van der Waals surface area contributed by atoms with Gasteiger partial charge in [0.05, 0.1) is 6.54 Å². The van der Waals surface area contributed by atoms with Crippen molar-refractivity contribution in [1.29, 1.82) is 0 Å². The smallest absolute Gasteiger partial charge is 0.238 e. The van der Waals surface area contributed by atoms with Crippen molar-refractivity contribution in [3.63, 3.8) is 0 Å². The van der Waals surface area contributed by atoms with Gasteiger partial charge < -0.3 is 10.6 Å². The van der Waals surface area contributed by atoms with Crippen molar-refractivity contribution in [1.82, 2.24) is 5.32 Å². The first kappa shape index (κ1) is 13.9. The average Bonchev–Trinajstić information content (AvgIpc) is 2.19. The second-order valence-electron chi connectivity index (χ2n) is 3.09. The van der Waals surface area contributed by atoms with E-state index < -0.39 is 0 Å². The maximum Gasteiger partial charge on any atom is 0.238 e. The van der Waals surface area contributed by atoms with Gasteiger partial charge in [-0.05, 0) is 25.1 Å². The molecule has 0 aliphatic heterocycles. The zero-order valence-corrected chi connectivity index (χ0v) is 9.86. The standard InChI is InChI=1S/C11H16N2O.ClH/c1-3-9-6-4-5-7-10(9)13-11(14)8-12-2;/h4-7,12H,3,8H2,1-2H3,(H,13,14);1H. The van der Waals surface area contributed by atoms with E-state index in [9.17, 15) is 4.79 Å². The van der Waals surface area contributed by atoms with Crippen LogP contribution < -0.4 is 10.6 Å². The van der Waals surface area contributed by atoms with Crippen LogP contribution in [0.1, 0.15) is 12.5 Å². The fourth-order valence-corrected chi connectivity index (χ4v) is 1.31. The van der Waals surface area contributed by atoms with Gasteiger partial charge in [-0.3, -0.25) is 4.79 Å². The van der Waals surface area contributed by atoms with Crippen LogP contribution in [0.2, 0.25) is 0 Å². The van der Waals surface area contributed by atoms with Gasteiger partial charge in [-0.25, -0.2) is 0 Å². The van der Waals surface area contributed by atoms with E-state index in [0.29, 0.717) is 6.54 Å². The summed E-state index contributed by atoms with van der Waals surface area (Å²) in [6.45, 7) is 2.42. The molecule has 0 heterocycles. The lowest BCUT2D eigenvalue weighted by Gasteiger charge is -2.08. The van der Waals surface area contributed by atoms with Gasteiger partial charge in [0.25, 0.3) is 0 Å². The quantitative estimate of drug-likeness (QED) is 0.826. The molecule has 0 radical (unpaired) electrons. The highest BCUT2D eigenvalue weighted by Gasteiger charge is 2.03. The second-order valence-corrected chi connectivity index (χ2v) is 3.09. The van der Waals surface area contributed by atoms with Crippen LogP contribution in [0, 0.1) is 0 Å². The van der Waals surface area contributed by atoms with Crippen molar-refractivity contribution in [3.05, 3.63) is 29.8 Å². The number of hydrogen-bond acceptors (Lipinski definition) is 2. The number of aryl methyl sites for hydroxylation is 1. The first-order valence-electron chi connectivity index (χ1n) is 4.80. The van der Waals surface area contributed by atoms with Crippen LogP contribution in [0.25, 0.3) is 0 Å².